The zero-order chi connectivity index (χ0) is 46.2. The van der Waals surface area contributed by atoms with Crippen LogP contribution in [0.15, 0.2) is 192 Å². The molecule has 266 valence electrons. The molecule has 6 heteroatoms. The summed E-state index contributed by atoms with van der Waals surface area (Å²) < 4.78 is 101. The zero-order valence-corrected chi connectivity index (χ0v) is 29.8. The lowest BCUT2D eigenvalue weighted by Crippen LogP contribution is -2.00. The van der Waals surface area contributed by atoms with Gasteiger partial charge in [-0.15, -0.1) is 0 Å². The van der Waals surface area contributed by atoms with Gasteiger partial charge in [0.25, 0.3) is 0 Å². The summed E-state index contributed by atoms with van der Waals surface area (Å²) in [4.78, 5) is 14.9. The van der Waals surface area contributed by atoms with Gasteiger partial charge in [0, 0.05) is 60.4 Å². The maximum Gasteiger partial charge on any atom is 0.164 e. The van der Waals surface area contributed by atoms with Crippen molar-refractivity contribution in [2.24, 2.45) is 0 Å². The number of para-hydroxylation sites is 3. The van der Waals surface area contributed by atoms with E-state index < -0.39 is 36.3 Å². The van der Waals surface area contributed by atoms with E-state index >= 15 is 0 Å². The summed E-state index contributed by atoms with van der Waals surface area (Å²) in [5.74, 6) is 1.32. The van der Waals surface area contributed by atoms with Crippen molar-refractivity contribution < 1.29 is 18.1 Å². The molecular weight excluding hydrogens is 699 g/mol. The number of nitrogens with zero attached hydrogens (tertiary/aromatic N) is 5. The third-order valence-electron chi connectivity index (χ3n) is 10.4. The number of hydrogen-bond acceptors (Lipinski definition) is 4. The van der Waals surface area contributed by atoms with Crippen LogP contribution in [-0.4, -0.2) is 24.1 Å². The Labute approximate surface area is 340 Å². The standard InChI is InChI=1S/C51H31N5O/c1-4-15-32(16-5-1)49-52-50(33-17-6-2-7-18-33)54-51(53-49)40-23-14-26-45-46(40)41-31-35(27-30-44(41)57-45)56-43-25-13-11-22-37(43)39-29-28-38-36-21-10-12-24-42(36)55(47(38)48(39)56)34-19-8-3-9-20-34/h1-31H/i10D,11D,12D,13D,21D,22D,24D,25D,28D,29D. The van der Waals surface area contributed by atoms with Crippen molar-refractivity contribution in [2.45, 2.75) is 0 Å². The van der Waals surface area contributed by atoms with Crippen LogP contribution in [0.2, 0.25) is 0 Å². The van der Waals surface area contributed by atoms with Crippen LogP contribution in [0.3, 0.4) is 0 Å². The fourth-order valence-corrected chi connectivity index (χ4v) is 7.97. The summed E-state index contributed by atoms with van der Waals surface area (Å²) in [6.45, 7) is 0. The molecule has 57 heavy (non-hydrogen) atoms. The van der Waals surface area contributed by atoms with Crippen molar-refractivity contribution >= 4 is 65.6 Å². The van der Waals surface area contributed by atoms with E-state index in [0.717, 1.165) is 11.1 Å². The van der Waals surface area contributed by atoms with Gasteiger partial charge in [-0.1, -0.05) is 139 Å². The number of benzene rings is 8. The summed E-state index contributed by atoms with van der Waals surface area (Å²) in [5.41, 5.74) is 4.69. The second-order valence-corrected chi connectivity index (χ2v) is 13.7. The molecule has 8 aromatic carbocycles. The molecule has 12 aromatic rings. The van der Waals surface area contributed by atoms with E-state index in [-0.39, 0.29) is 67.8 Å². The van der Waals surface area contributed by atoms with Gasteiger partial charge < -0.3 is 13.6 Å². The highest BCUT2D eigenvalue weighted by Gasteiger charge is 2.23. The van der Waals surface area contributed by atoms with E-state index in [1.807, 2.05) is 91.0 Å². The van der Waals surface area contributed by atoms with Crippen molar-refractivity contribution in [3.63, 3.8) is 0 Å². The minimum Gasteiger partial charge on any atom is -0.456 e. The van der Waals surface area contributed by atoms with Crippen molar-refractivity contribution in [1.29, 1.82) is 0 Å². The number of hydrogen-bond donors (Lipinski definition) is 0. The highest BCUT2D eigenvalue weighted by molar-refractivity contribution is 6.24. The molecule has 0 bridgehead atoms. The Morgan fingerprint density at radius 3 is 1.58 bits per heavy atom. The van der Waals surface area contributed by atoms with Gasteiger partial charge in [0.05, 0.1) is 35.8 Å². The minimum absolute atomic E-state index is 0.00993. The number of fused-ring (bicyclic) bond motifs is 10. The molecule has 0 aliphatic carbocycles. The number of furan rings is 1. The lowest BCUT2D eigenvalue weighted by atomic mass is 10.0. The third kappa shape index (κ3) is 4.81. The molecule has 0 fully saturated rings. The smallest absolute Gasteiger partial charge is 0.164 e. The van der Waals surface area contributed by atoms with E-state index in [1.54, 1.807) is 45.5 Å². The summed E-state index contributed by atoms with van der Waals surface area (Å²) in [6.07, 6.45) is 0. The van der Waals surface area contributed by atoms with Gasteiger partial charge in [-0.25, -0.2) is 15.0 Å². The predicted octanol–water partition coefficient (Wildman–Crippen LogP) is 13.0. The van der Waals surface area contributed by atoms with Crippen LogP contribution in [0.5, 0.6) is 0 Å². The zero-order valence-electron chi connectivity index (χ0n) is 39.8. The summed E-state index contributed by atoms with van der Waals surface area (Å²) in [5, 5.41) is 1.44. The van der Waals surface area contributed by atoms with Gasteiger partial charge in [-0.3, -0.25) is 0 Å². The van der Waals surface area contributed by atoms with Crippen molar-refractivity contribution in [2.75, 3.05) is 0 Å². The minimum atomic E-state index is -0.520. The monoisotopic (exact) mass is 739 g/mol. The third-order valence-corrected chi connectivity index (χ3v) is 10.4. The van der Waals surface area contributed by atoms with Gasteiger partial charge in [-0.05, 0) is 48.5 Å². The first kappa shape index (κ1) is 23.2. The molecule has 0 unspecified atom stereocenters. The molecule has 0 saturated heterocycles. The van der Waals surface area contributed by atoms with Gasteiger partial charge in [0.15, 0.2) is 17.5 Å². The Morgan fingerprint density at radius 1 is 0.421 bits per heavy atom. The molecule has 0 radical (unpaired) electrons. The van der Waals surface area contributed by atoms with Gasteiger partial charge in [-0.2, -0.15) is 0 Å². The van der Waals surface area contributed by atoms with E-state index in [2.05, 4.69) is 0 Å². The summed E-state index contributed by atoms with van der Waals surface area (Å²) in [6, 6.07) is 34.8. The van der Waals surface area contributed by atoms with Crippen molar-refractivity contribution in [3.05, 3.63) is 188 Å². The highest BCUT2D eigenvalue weighted by Crippen LogP contribution is 2.43. The number of rotatable bonds is 5. The van der Waals surface area contributed by atoms with Gasteiger partial charge in [0.1, 0.15) is 11.2 Å². The molecule has 6 nitrogen and oxygen atoms in total. The Balaban J connectivity index is 1.25. The van der Waals surface area contributed by atoms with E-state index in [1.165, 1.54) is 0 Å². The molecule has 0 atom stereocenters. The molecule has 0 aliphatic heterocycles. The van der Waals surface area contributed by atoms with E-state index in [4.69, 9.17) is 24.9 Å². The Kier molecular flexibility index (Phi) is 5.02. The Hall–Kier alpha value is -7.83. The second kappa shape index (κ2) is 12.3. The number of aromatic nitrogens is 5. The van der Waals surface area contributed by atoms with Crippen molar-refractivity contribution in [3.8, 4) is 45.5 Å². The van der Waals surface area contributed by atoms with Crippen LogP contribution in [0.4, 0.5) is 0 Å². The molecule has 0 spiro atoms. The second-order valence-electron chi connectivity index (χ2n) is 13.7. The topological polar surface area (TPSA) is 61.7 Å². The van der Waals surface area contributed by atoms with E-state index in [9.17, 15) is 8.22 Å². The van der Waals surface area contributed by atoms with Crippen LogP contribution in [0.25, 0.3) is 111 Å². The van der Waals surface area contributed by atoms with Crippen LogP contribution >= 0.6 is 0 Å². The SMILES string of the molecule is [2H]c1c([2H])c([2H])c2c(c1[2H])c1c([2H])c([2H])c3c4c([2H])c([2H])c([2H])c([2H])c4n(-c4ccc5oc6cccc(-c7nc(-c8ccccc8)nc(-c8ccccc8)n7)c6c5c4)c3c1n2-c1ccccc1. The van der Waals surface area contributed by atoms with E-state index in [0.29, 0.717) is 56.3 Å². The molecule has 0 saturated carbocycles. The van der Waals surface area contributed by atoms with Crippen LogP contribution < -0.4 is 0 Å². The Morgan fingerprint density at radius 2 is 0.965 bits per heavy atom. The maximum absolute atomic E-state index is 9.64. The van der Waals surface area contributed by atoms with Crippen LogP contribution in [0, 0.1) is 0 Å². The molecule has 4 aromatic heterocycles. The quantitative estimate of drug-likeness (QED) is 0.176. The molecule has 0 N–H and O–H groups in total. The first-order valence-corrected chi connectivity index (χ1v) is 18.3. The van der Waals surface area contributed by atoms with Gasteiger partial charge >= 0.3 is 0 Å². The first-order chi connectivity index (χ1) is 32.4. The average molecular weight is 740 g/mol. The average Bonchev–Trinajstić information content (AvgIpc) is 4.05. The predicted molar refractivity (Wildman–Crippen MR) is 232 cm³/mol. The molecule has 4 heterocycles. The maximum atomic E-state index is 9.64. The lowest BCUT2D eigenvalue weighted by molar-refractivity contribution is 0.669. The first-order valence-electron chi connectivity index (χ1n) is 23.3. The normalized spacial score (nSPS) is 14.3. The molecule has 0 aliphatic rings. The lowest BCUT2D eigenvalue weighted by Gasteiger charge is -2.13. The largest absolute Gasteiger partial charge is 0.456 e. The summed E-state index contributed by atoms with van der Waals surface area (Å²) >= 11 is 0. The summed E-state index contributed by atoms with van der Waals surface area (Å²) in [7, 11) is 0. The van der Waals surface area contributed by atoms with Gasteiger partial charge in [0.2, 0.25) is 0 Å². The highest BCUT2D eigenvalue weighted by atomic mass is 16.3. The van der Waals surface area contributed by atoms with Crippen LogP contribution in [-0.2, 0) is 0 Å². The fourth-order valence-electron chi connectivity index (χ4n) is 7.97. The van der Waals surface area contributed by atoms with Crippen molar-refractivity contribution in [1.82, 2.24) is 24.1 Å². The molecule has 0 amide bonds. The Bertz CT molecular complexity index is 4040. The molecular formula is C51H31N5O. The van der Waals surface area contributed by atoms with Crippen LogP contribution in [0.1, 0.15) is 13.7 Å². The molecule has 12 rings (SSSR count). The fraction of sp³-hybridized carbons (Fsp3) is 0.